The minimum absolute atomic E-state index is 0.694. The third-order valence-corrected chi connectivity index (χ3v) is 3.84. The molecular weight excluding hydrogens is 182 g/mol. The van der Waals surface area contributed by atoms with E-state index >= 15 is 0 Å². The lowest BCUT2D eigenvalue weighted by atomic mass is 9.80. The molecule has 1 heteroatoms. The van der Waals surface area contributed by atoms with Crippen LogP contribution in [-0.4, -0.2) is 12.6 Å². The van der Waals surface area contributed by atoms with E-state index in [0.717, 1.165) is 17.8 Å². The average molecular weight is 211 g/mol. The largest absolute Gasteiger partial charge is 0.314 e. The first-order valence-electron chi connectivity index (χ1n) is 6.83. The van der Waals surface area contributed by atoms with Gasteiger partial charge in [0.25, 0.3) is 0 Å². The predicted molar refractivity (Wildman–Crippen MR) is 68.0 cm³/mol. The van der Waals surface area contributed by atoms with Crippen molar-refractivity contribution in [1.29, 1.82) is 0 Å². The van der Waals surface area contributed by atoms with Crippen molar-refractivity contribution in [3.63, 3.8) is 0 Å². The van der Waals surface area contributed by atoms with Crippen molar-refractivity contribution >= 4 is 0 Å². The fourth-order valence-electron chi connectivity index (χ4n) is 2.84. The summed E-state index contributed by atoms with van der Waals surface area (Å²) < 4.78 is 0. The van der Waals surface area contributed by atoms with Gasteiger partial charge in [0.05, 0.1) is 0 Å². The van der Waals surface area contributed by atoms with Gasteiger partial charge < -0.3 is 5.32 Å². The first-order valence-corrected chi connectivity index (χ1v) is 6.83. The van der Waals surface area contributed by atoms with Crippen LogP contribution in [0.2, 0.25) is 0 Å². The molecule has 0 heterocycles. The summed E-state index contributed by atoms with van der Waals surface area (Å²) in [5, 5.41) is 3.71. The quantitative estimate of drug-likeness (QED) is 0.728. The lowest BCUT2D eigenvalue weighted by Crippen LogP contribution is -2.35. The van der Waals surface area contributed by atoms with Gasteiger partial charge >= 0.3 is 0 Å². The predicted octanol–water partition coefficient (Wildman–Crippen LogP) is 3.84. The SMILES string of the molecule is CC(C)CC(C)NCC1CCCCC1C. The molecule has 1 aliphatic carbocycles. The zero-order valence-corrected chi connectivity index (χ0v) is 11.1. The Morgan fingerprint density at radius 2 is 1.80 bits per heavy atom. The van der Waals surface area contributed by atoms with Gasteiger partial charge in [-0.1, -0.05) is 40.0 Å². The van der Waals surface area contributed by atoms with E-state index in [2.05, 4.69) is 33.0 Å². The van der Waals surface area contributed by atoms with Gasteiger partial charge in [-0.25, -0.2) is 0 Å². The molecule has 0 saturated heterocycles. The first-order chi connectivity index (χ1) is 7.09. The molecule has 0 radical (unpaired) electrons. The van der Waals surface area contributed by atoms with Crippen LogP contribution < -0.4 is 5.32 Å². The Morgan fingerprint density at radius 1 is 1.13 bits per heavy atom. The molecule has 0 aromatic heterocycles. The van der Waals surface area contributed by atoms with Crippen LogP contribution in [0.3, 0.4) is 0 Å². The van der Waals surface area contributed by atoms with Gasteiger partial charge in [0.2, 0.25) is 0 Å². The molecule has 1 rings (SSSR count). The number of rotatable bonds is 5. The Hall–Kier alpha value is -0.0400. The van der Waals surface area contributed by atoms with Crippen LogP contribution in [0.4, 0.5) is 0 Å². The molecule has 1 N–H and O–H groups in total. The normalized spacial score (nSPS) is 29.4. The lowest BCUT2D eigenvalue weighted by molar-refractivity contribution is 0.238. The van der Waals surface area contributed by atoms with Gasteiger partial charge in [-0.2, -0.15) is 0 Å². The molecule has 1 fully saturated rings. The van der Waals surface area contributed by atoms with E-state index in [1.165, 1.54) is 38.6 Å². The number of nitrogens with one attached hydrogen (secondary N) is 1. The Labute approximate surface area is 96.0 Å². The number of hydrogen-bond acceptors (Lipinski definition) is 1. The summed E-state index contributed by atoms with van der Waals surface area (Å²) in [4.78, 5) is 0. The second-order valence-electron chi connectivity index (χ2n) is 5.96. The average Bonchev–Trinajstić information content (AvgIpc) is 2.15. The van der Waals surface area contributed by atoms with E-state index in [9.17, 15) is 0 Å². The Balaban J connectivity index is 2.17. The van der Waals surface area contributed by atoms with Crippen LogP contribution in [0, 0.1) is 17.8 Å². The summed E-state index contributed by atoms with van der Waals surface area (Å²) in [6, 6.07) is 0.694. The van der Waals surface area contributed by atoms with Crippen molar-refractivity contribution < 1.29 is 0 Å². The second kappa shape index (κ2) is 6.52. The summed E-state index contributed by atoms with van der Waals surface area (Å²) in [5.74, 6) is 2.70. The molecule has 0 spiro atoms. The first kappa shape index (κ1) is 13.0. The molecule has 1 nitrogen and oxygen atoms in total. The Morgan fingerprint density at radius 3 is 2.40 bits per heavy atom. The highest BCUT2D eigenvalue weighted by Gasteiger charge is 2.21. The van der Waals surface area contributed by atoms with Crippen LogP contribution in [-0.2, 0) is 0 Å². The molecule has 0 aromatic carbocycles. The van der Waals surface area contributed by atoms with Gasteiger partial charge in [0.1, 0.15) is 0 Å². The molecule has 3 atom stereocenters. The van der Waals surface area contributed by atoms with Gasteiger partial charge in [-0.15, -0.1) is 0 Å². The van der Waals surface area contributed by atoms with Crippen LogP contribution in [0.5, 0.6) is 0 Å². The second-order valence-corrected chi connectivity index (χ2v) is 5.96. The standard InChI is InChI=1S/C14H29N/c1-11(2)9-13(4)15-10-14-8-6-5-7-12(14)3/h11-15H,5-10H2,1-4H3. The summed E-state index contributed by atoms with van der Waals surface area (Å²) in [6.45, 7) is 10.6. The zero-order valence-electron chi connectivity index (χ0n) is 11.1. The summed E-state index contributed by atoms with van der Waals surface area (Å²) in [5.41, 5.74) is 0. The van der Waals surface area contributed by atoms with E-state index in [1.807, 2.05) is 0 Å². The molecule has 1 saturated carbocycles. The fraction of sp³-hybridized carbons (Fsp3) is 1.00. The highest BCUT2D eigenvalue weighted by atomic mass is 14.9. The molecular formula is C14H29N. The van der Waals surface area contributed by atoms with E-state index < -0.39 is 0 Å². The summed E-state index contributed by atoms with van der Waals surface area (Å²) in [6.07, 6.45) is 7.11. The van der Waals surface area contributed by atoms with Crippen LogP contribution in [0.25, 0.3) is 0 Å². The van der Waals surface area contributed by atoms with Gasteiger partial charge in [0.15, 0.2) is 0 Å². The summed E-state index contributed by atoms with van der Waals surface area (Å²) in [7, 11) is 0. The van der Waals surface area contributed by atoms with Crippen molar-refractivity contribution in [2.45, 2.75) is 65.8 Å². The maximum Gasteiger partial charge on any atom is 0.00412 e. The van der Waals surface area contributed by atoms with Crippen molar-refractivity contribution in [2.75, 3.05) is 6.54 Å². The monoisotopic (exact) mass is 211 g/mol. The highest BCUT2D eigenvalue weighted by molar-refractivity contribution is 4.75. The third-order valence-electron chi connectivity index (χ3n) is 3.84. The molecule has 3 unspecified atom stereocenters. The molecule has 0 bridgehead atoms. The van der Waals surface area contributed by atoms with E-state index in [1.54, 1.807) is 0 Å². The maximum absolute atomic E-state index is 3.71. The van der Waals surface area contributed by atoms with E-state index in [4.69, 9.17) is 0 Å². The fourth-order valence-corrected chi connectivity index (χ4v) is 2.84. The third kappa shape index (κ3) is 5.01. The van der Waals surface area contributed by atoms with Crippen LogP contribution in [0.1, 0.15) is 59.8 Å². The maximum atomic E-state index is 3.71. The van der Waals surface area contributed by atoms with Crippen molar-refractivity contribution in [2.24, 2.45) is 17.8 Å². The van der Waals surface area contributed by atoms with Gasteiger partial charge in [0, 0.05) is 6.04 Å². The molecule has 0 aliphatic heterocycles. The van der Waals surface area contributed by atoms with E-state index in [0.29, 0.717) is 6.04 Å². The van der Waals surface area contributed by atoms with E-state index in [-0.39, 0.29) is 0 Å². The smallest absolute Gasteiger partial charge is 0.00412 e. The van der Waals surface area contributed by atoms with Gasteiger partial charge in [-0.05, 0) is 44.1 Å². The Bertz CT molecular complexity index is 165. The van der Waals surface area contributed by atoms with Crippen LogP contribution in [0.15, 0.2) is 0 Å². The minimum atomic E-state index is 0.694. The molecule has 15 heavy (non-hydrogen) atoms. The molecule has 90 valence electrons. The minimum Gasteiger partial charge on any atom is -0.314 e. The summed E-state index contributed by atoms with van der Waals surface area (Å²) >= 11 is 0. The van der Waals surface area contributed by atoms with Crippen molar-refractivity contribution in [1.82, 2.24) is 5.32 Å². The molecule has 0 aromatic rings. The lowest BCUT2D eigenvalue weighted by Gasteiger charge is -2.30. The van der Waals surface area contributed by atoms with Gasteiger partial charge in [-0.3, -0.25) is 0 Å². The van der Waals surface area contributed by atoms with Crippen LogP contribution >= 0.6 is 0 Å². The zero-order chi connectivity index (χ0) is 11.3. The topological polar surface area (TPSA) is 12.0 Å². The Kier molecular flexibility index (Phi) is 5.66. The van der Waals surface area contributed by atoms with Crippen molar-refractivity contribution in [3.05, 3.63) is 0 Å². The van der Waals surface area contributed by atoms with Crippen molar-refractivity contribution in [3.8, 4) is 0 Å². The number of hydrogen-bond donors (Lipinski definition) is 1. The highest BCUT2D eigenvalue weighted by Crippen LogP contribution is 2.28. The molecule has 1 aliphatic rings. The molecule has 0 amide bonds.